The summed E-state index contributed by atoms with van der Waals surface area (Å²) in [6, 6.07) is 15.7. The molecule has 0 unspecified atom stereocenters. The van der Waals surface area contributed by atoms with Crippen LogP contribution in [0.3, 0.4) is 0 Å². The van der Waals surface area contributed by atoms with Gasteiger partial charge in [-0.3, -0.25) is 9.69 Å². The van der Waals surface area contributed by atoms with E-state index < -0.39 is 0 Å². The van der Waals surface area contributed by atoms with Gasteiger partial charge in [0.1, 0.15) is 23.8 Å². The van der Waals surface area contributed by atoms with Crippen molar-refractivity contribution < 1.29 is 14.3 Å². The van der Waals surface area contributed by atoms with Crippen molar-refractivity contribution in [2.45, 2.75) is 13.5 Å². The van der Waals surface area contributed by atoms with Crippen molar-refractivity contribution in [3.63, 3.8) is 0 Å². The predicted octanol–water partition coefficient (Wildman–Crippen LogP) is 3.81. The van der Waals surface area contributed by atoms with E-state index in [0.29, 0.717) is 30.5 Å². The molecule has 1 fully saturated rings. The summed E-state index contributed by atoms with van der Waals surface area (Å²) in [6.07, 6.45) is 3.91. The average molecular weight is 422 g/mol. The lowest BCUT2D eigenvalue weighted by atomic mass is 10.1. The van der Waals surface area contributed by atoms with Gasteiger partial charge in [-0.15, -0.1) is 0 Å². The Bertz CT molecular complexity index is 1120. The molecule has 1 amide bonds. The number of ether oxygens (including phenoxy) is 2. The summed E-state index contributed by atoms with van der Waals surface area (Å²) in [5, 5.41) is 4.55. The number of carbonyl (C=O) groups excluding carboxylic acids is 1. The van der Waals surface area contributed by atoms with Crippen molar-refractivity contribution in [1.29, 1.82) is 0 Å². The van der Waals surface area contributed by atoms with Crippen molar-refractivity contribution >= 4 is 40.2 Å². The van der Waals surface area contributed by atoms with Crippen molar-refractivity contribution in [2.24, 2.45) is 0 Å². The van der Waals surface area contributed by atoms with Crippen LogP contribution in [0.15, 0.2) is 60.4 Å². The molecule has 1 aromatic heterocycles. The number of nitrogens with one attached hydrogen (secondary N) is 1. The fourth-order valence-corrected chi connectivity index (χ4v) is 3.85. The van der Waals surface area contributed by atoms with E-state index in [4.69, 9.17) is 21.7 Å². The molecule has 0 saturated carbocycles. The molecule has 1 aliphatic heterocycles. The average Bonchev–Trinajstić information content (AvgIpc) is 3.25. The van der Waals surface area contributed by atoms with Crippen LogP contribution in [-0.4, -0.2) is 40.7 Å². The van der Waals surface area contributed by atoms with E-state index in [2.05, 4.69) is 22.0 Å². The molecular weight excluding hydrogens is 398 g/mol. The molecular formula is C23H23N3O3S. The Morgan fingerprint density at radius 2 is 1.83 bits per heavy atom. The fourth-order valence-electron chi connectivity index (χ4n) is 3.52. The Kier molecular flexibility index (Phi) is 5.72. The number of thiocarbonyl (C=S) groups is 1. The van der Waals surface area contributed by atoms with E-state index in [0.717, 1.165) is 28.0 Å². The first-order valence-corrected chi connectivity index (χ1v) is 10.2. The highest BCUT2D eigenvalue weighted by Gasteiger charge is 2.29. The number of benzene rings is 2. The van der Waals surface area contributed by atoms with Crippen LogP contribution in [0.5, 0.6) is 11.5 Å². The van der Waals surface area contributed by atoms with Gasteiger partial charge in [0, 0.05) is 29.2 Å². The Labute approximate surface area is 180 Å². The third-order valence-electron chi connectivity index (χ3n) is 5.06. The summed E-state index contributed by atoms with van der Waals surface area (Å²) in [4.78, 5) is 14.1. The van der Waals surface area contributed by atoms with Crippen LogP contribution < -0.4 is 14.8 Å². The second-order valence-corrected chi connectivity index (χ2v) is 7.24. The lowest BCUT2D eigenvalue weighted by Crippen LogP contribution is -2.30. The summed E-state index contributed by atoms with van der Waals surface area (Å²) in [6.45, 7) is 3.65. The zero-order chi connectivity index (χ0) is 21.1. The fraction of sp³-hybridized carbons (Fsp3) is 0.217. The Morgan fingerprint density at radius 1 is 1.10 bits per heavy atom. The maximum atomic E-state index is 12.5. The number of carbonyl (C=O) groups is 1. The van der Waals surface area contributed by atoms with Crippen LogP contribution in [0.4, 0.5) is 0 Å². The molecule has 3 aromatic rings. The molecule has 154 valence electrons. The Hall–Kier alpha value is -3.32. The Balaban J connectivity index is 1.54. The molecule has 0 aliphatic carbocycles. The van der Waals surface area contributed by atoms with Gasteiger partial charge in [0.2, 0.25) is 0 Å². The first kappa shape index (κ1) is 20.0. The van der Waals surface area contributed by atoms with E-state index >= 15 is 0 Å². The maximum Gasteiger partial charge on any atom is 0.276 e. The number of fused-ring (bicyclic) bond motifs is 1. The summed E-state index contributed by atoms with van der Waals surface area (Å²) >= 11 is 5.25. The molecule has 2 aromatic carbocycles. The number of nitrogens with zero attached hydrogens (tertiary/aromatic N) is 2. The monoisotopic (exact) mass is 421 g/mol. The second kappa shape index (κ2) is 8.59. The summed E-state index contributed by atoms with van der Waals surface area (Å²) in [7, 11) is 1.64. The van der Waals surface area contributed by atoms with Gasteiger partial charge in [0.15, 0.2) is 5.11 Å². The molecule has 0 spiro atoms. The minimum Gasteiger partial charge on any atom is -0.497 e. The predicted molar refractivity (Wildman–Crippen MR) is 122 cm³/mol. The molecule has 6 nitrogen and oxygen atoms in total. The minimum absolute atomic E-state index is 0.0952. The smallest absolute Gasteiger partial charge is 0.276 e. The summed E-state index contributed by atoms with van der Waals surface area (Å²) in [5.41, 5.74) is 2.55. The van der Waals surface area contributed by atoms with Crippen LogP contribution in [0.25, 0.3) is 17.0 Å². The van der Waals surface area contributed by atoms with Gasteiger partial charge >= 0.3 is 0 Å². The van der Waals surface area contributed by atoms with E-state index in [1.54, 1.807) is 12.0 Å². The number of hydrogen-bond acceptors (Lipinski definition) is 4. The highest BCUT2D eigenvalue weighted by Crippen LogP contribution is 2.25. The van der Waals surface area contributed by atoms with Gasteiger partial charge in [-0.2, -0.15) is 0 Å². The second-order valence-electron chi connectivity index (χ2n) is 6.86. The zero-order valence-corrected chi connectivity index (χ0v) is 17.7. The molecule has 4 rings (SSSR count). The number of likely N-dealkylation sites (N-methyl/N-ethyl adjacent to an activating group) is 1. The van der Waals surface area contributed by atoms with Crippen molar-refractivity contribution in [3.05, 3.63) is 66.0 Å². The number of aromatic nitrogens is 1. The van der Waals surface area contributed by atoms with Crippen LogP contribution in [-0.2, 0) is 11.3 Å². The van der Waals surface area contributed by atoms with Crippen molar-refractivity contribution in [2.75, 3.05) is 20.3 Å². The molecule has 30 heavy (non-hydrogen) atoms. The van der Waals surface area contributed by atoms with Crippen LogP contribution in [0.2, 0.25) is 0 Å². The first-order valence-electron chi connectivity index (χ1n) is 9.80. The van der Waals surface area contributed by atoms with E-state index in [1.807, 2.05) is 55.6 Å². The SMILES string of the molecule is CCN1C(=O)/C(=C/c2cn(CCOc3ccc(OC)cc3)c3ccccc23)NC1=S. The molecule has 2 heterocycles. The quantitative estimate of drug-likeness (QED) is 0.465. The highest BCUT2D eigenvalue weighted by molar-refractivity contribution is 7.80. The molecule has 0 radical (unpaired) electrons. The molecule has 0 bridgehead atoms. The van der Waals surface area contributed by atoms with Gasteiger partial charge in [-0.25, -0.2) is 0 Å². The van der Waals surface area contributed by atoms with Crippen LogP contribution >= 0.6 is 12.2 Å². The van der Waals surface area contributed by atoms with Gasteiger partial charge in [-0.05, 0) is 55.5 Å². The topological polar surface area (TPSA) is 55.7 Å². The van der Waals surface area contributed by atoms with E-state index in [9.17, 15) is 4.79 Å². The maximum absolute atomic E-state index is 12.5. The van der Waals surface area contributed by atoms with Gasteiger partial charge in [0.05, 0.1) is 13.7 Å². The highest BCUT2D eigenvalue weighted by atomic mass is 32.1. The molecule has 1 N–H and O–H groups in total. The van der Waals surface area contributed by atoms with Crippen LogP contribution in [0.1, 0.15) is 12.5 Å². The standard InChI is InChI=1S/C23H23N3O3S/c1-3-26-22(27)20(24-23(26)30)14-16-15-25(21-7-5-4-6-19(16)21)12-13-29-18-10-8-17(28-2)9-11-18/h4-11,14-15H,3,12-13H2,1-2H3,(H,24,30)/b20-14-. The normalized spacial score (nSPS) is 15.1. The van der Waals surface area contributed by atoms with E-state index in [-0.39, 0.29) is 5.91 Å². The number of amides is 1. The van der Waals surface area contributed by atoms with Gasteiger partial charge in [-0.1, -0.05) is 18.2 Å². The number of methoxy groups -OCH3 is 1. The zero-order valence-electron chi connectivity index (χ0n) is 16.9. The van der Waals surface area contributed by atoms with Crippen molar-refractivity contribution in [3.8, 4) is 11.5 Å². The first-order chi connectivity index (χ1) is 14.6. The number of hydrogen-bond donors (Lipinski definition) is 1. The Morgan fingerprint density at radius 3 is 2.53 bits per heavy atom. The van der Waals surface area contributed by atoms with Gasteiger partial charge in [0.25, 0.3) is 5.91 Å². The minimum atomic E-state index is -0.0952. The molecule has 1 aliphatic rings. The number of para-hydroxylation sites is 1. The third kappa shape index (κ3) is 3.89. The van der Waals surface area contributed by atoms with E-state index in [1.165, 1.54) is 0 Å². The van der Waals surface area contributed by atoms with Gasteiger partial charge < -0.3 is 19.4 Å². The number of rotatable bonds is 7. The lowest BCUT2D eigenvalue weighted by Gasteiger charge is -2.09. The molecule has 0 atom stereocenters. The lowest BCUT2D eigenvalue weighted by molar-refractivity contribution is -0.122. The molecule has 7 heteroatoms. The summed E-state index contributed by atoms with van der Waals surface area (Å²) in [5.74, 6) is 1.50. The molecule has 1 saturated heterocycles. The largest absolute Gasteiger partial charge is 0.497 e. The summed E-state index contributed by atoms with van der Waals surface area (Å²) < 4.78 is 13.2. The third-order valence-corrected chi connectivity index (χ3v) is 5.38. The van der Waals surface area contributed by atoms with Crippen molar-refractivity contribution in [1.82, 2.24) is 14.8 Å². The van der Waals surface area contributed by atoms with Crippen LogP contribution in [0, 0.1) is 0 Å².